The van der Waals surface area contributed by atoms with Gasteiger partial charge in [-0.2, -0.15) is 0 Å². The minimum atomic E-state index is -0.904. The topological polar surface area (TPSA) is 53.1 Å². The SMILES string of the molecule is O=c1[nH]ccc(F)c1O. The van der Waals surface area contributed by atoms with Gasteiger partial charge in [0, 0.05) is 6.20 Å². The van der Waals surface area contributed by atoms with Gasteiger partial charge in [-0.1, -0.05) is 0 Å². The summed E-state index contributed by atoms with van der Waals surface area (Å²) in [6.07, 6.45) is 1.12. The van der Waals surface area contributed by atoms with Crippen LogP contribution in [-0.2, 0) is 0 Å². The van der Waals surface area contributed by atoms with Crippen LogP contribution in [0, 0.1) is 5.82 Å². The highest BCUT2D eigenvalue weighted by Crippen LogP contribution is 2.03. The number of H-pyrrole nitrogens is 1. The van der Waals surface area contributed by atoms with Crippen LogP contribution >= 0.6 is 0 Å². The first-order valence-corrected chi connectivity index (χ1v) is 2.28. The smallest absolute Gasteiger partial charge is 0.293 e. The fraction of sp³-hybridized carbons (Fsp3) is 0. The Morgan fingerprint density at radius 3 is 2.78 bits per heavy atom. The van der Waals surface area contributed by atoms with Gasteiger partial charge in [0.15, 0.2) is 5.82 Å². The van der Waals surface area contributed by atoms with Crippen molar-refractivity contribution in [3.05, 3.63) is 28.4 Å². The van der Waals surface area contributed by atoms with E-state index in [0.717, 1.165) is 12.3 Å². The van der Waals surface area contributed by atoms with Crippen molar-refractivity contribution in [2.24, 2.45) is 0 Å². The van der Waals surface area contributed by atoms with E-state index in [1.165, 1.54) is 0 Å². The van der Waals surface area contributed by atoms with Crippen molar-refractivity contribution in [3.8, 4) is 5.75 Å². The van der Waals surface area contributed by atoms with Crippen LogP contribution in [0.15, 0.2) is 17.1 Å². The molecule has 0 aliphatic carbocycles. The average molecular weight is 129 g/mol. The van der Waals surface area contributed by atoms with Crippen LogP contribution in [0.2, 0.25) is 0 Å². The summed E-state index contributed by atoms with van der Waals surface area (Å²) in [5, 5.41) is 8.49. The largest absolute Gasteiger partial charge is 0.501 e. The number of hydrogen-bond acceptors (Lipinski definition) is 2. The van der Waals surface area contributed by atoms with Crippen molar-refractivity contribution in [3.63, 3.8) is 0 Å². The molecule has 0 saturated heterocycles. The summed E-state index contributed by atoms with van der Waals surface area (Å²) < 4.78 is 12.1. The molecule has 48 valence electrons. The fourth-order valence-electron chi connectivity index (χ4n) is 0.446. The zero-order chi connectivity index (χ0) is 6.85. The van der Waals surface area contributed by atoms with E-state index in [0.29, 0.717) is 0 Å². The third kappa shape index (κ3) is 0.910. The minimum absolute atomic E-state index is 0.810. The van der Waals surface area contributed by atoms with Gasteiger partial charge in [0.25, 0.3) is 5.56 Å². The Bertz CT molecular complexity index is 268. The number of rotatable bonds is 0. The fourth-order valence-corrected chi connectivity index (χ4v) is 0.446. The summed E-state index contributed by atoms with van der Waals surface area (Å²) in [5.74, 6) is -1.77. The van der Waals surface area contributed by atoms with Gasteiger partial charge in [-0.15, -0.1) is 0 Å². The van der Waals surface area contributed by atoms with E-state index >= 15 is 0 Å². The van der Waals surface area contributed by atoms with Crippen LogP contribution in [0.5, 0.6) is 5.75 Å². The van der Waals surface area contributed by atoms with E-state index in [1.807, 2.05) is 0 Å². The molecule has 0 aromatic carbocycles. The van der Waals surface area contributed by atoms with Gasteiger partial charge < -0.3 is 10.1 Å². The molecule has 0 bridgehead atoms. The molecule has 0 atom stereocenters. The lowest BCUT2D eigenvalue weighted by Crippen LogP contribution is -2.04. The van der Waals surface area contributed by atoms with Crippen LogP contribution in [0.25, 0.3) is 0 Å². The number of aromatic amines is 1. The molecule has 1 aromatic heterocycles. The summed E-state index contributed by atoms with van der Waals surface area (Å²) in [7, 11) is 0. The van der Waals surface area contributed by atoms with Gasteiger partial charge >= 0.3 is 0 Å². The molecule has 0 radical (unpaired) electrons. The van der Waals surface area contributed by atoms with Crippen molar-refractivity contribution in [2.45, 2.75) is 0 Å². The molecule has 4 heteroatoms. The van der Waals surface area contributed by atoms with Crippen LogP contribution < -0.4 is 5.56 Å². The van der Waals surface area contributed by atoms with Gasteiger partial charge in [-0.25, -0.2) is 4.39 Å². The Morgan fingerprint density at radius 2 is 2.33 bits per heavy atom. The Balaban J connectivity index is 3.43. The second-order valence-corrected chi connectivity index (χ2v) is 1.50. The van der Waals surface area contributed by atoms with Crippen molar-refractivity contribution >= 4 is 0 Å². The lowest BCUT2D eigenvalue weighted by atomic mass is 10.4. The summed E-state index contributed by atoms with van der Waals surface area (Å²) >= 11 is 0. The maximum Gasteiger partial charge on any atom is 0.293 e. The first-order valence-electron chi connectivity index (χ1n) is 2.28. The van der Waals surface area contributed by atoms with Gasteiger partial charge in [-0.3, -0.25) is 4.79 Å². The molecule has 9 heavy (non-hydrogen) atoms. The van der Waals surface area contributed by atoms with Crippen molar-refractivity contribution in [1.82, 2.24) is 4.98 Å². The maximum atomic E-state index is 12.1. The van der Waals surface area contributed by atoms with Gasteiger partial charge in [-0.05, 0) is 6.07 Å². The first kappa shape index (κ1) is 5.81. The Labute approximate surface area is 49.8 Å². The molecule has 1 aromatic rings. The van der Waals surface area contributed by atoms with Crippen molar-refractivity contribution < 1.29 is 9.50 Å². The van der Waals surface area contributed by atoms with E-state index in [4.69, 9.17) is 5.11 Å². The molecule has 3 nitrogen and oxygen atoms in total. The molecule has 0 spiro atoms. The zero-order valence-electron chi connectivity index (χ0n) is 4.39. The molecule has 0 amide bonds. The second kappa shape index (κ2) is 1.89. The van der Waals surface area contributed by atoms with E-state index in [2.05, 4.69) is 4.98 Å². The quantitative estimate of drug-likeness (QED) is 0.526. The molecule has 0 fully saturated rings. The molecular weight excluding hydrogens is 125 g/mol. The Kier molecular flexibility index (Phi) is 1.22. The first-order chi connectivity index (χ1) is 4.22. The summed E-state index contributed by atoms with van der Waals surface area (Å²) in [5.41, 5.74) is -0.810. The Hall–Kier alpha value is -1.32. The standard InChI is InChI=1S/C5H4FNO2/c6-3-1-2-7-5(9)4(3)8/h1-2,8H,(H,7,9). The predicted molar refractivity (Wildman–Crippen MR) is 28.7 cm³/mol. The highest BCUT2D eigenvalue weighted by atomic mass is 19.1. The third-order valence-electron chi connectivity index (χ3n) is 0.885. The summed E-state index contributed by atoms with van der Waals surface area (Å²) in [6, 6.07) is 0.969. The average Bonchev–Trinajstić information content (AvgIpc) is 1.83. The molecule has 1 heterocycles. The molecular formula is C5H4FNO2. The zero-order valence-corrected chi connectivity index (χ0v) is 4.39. The van der Waals surface area contributed by atoms with E-state index in [9.17, 15) is 9.18 Å². The highest BCUT2D eigenvalue weighted by Gasteiger charge is 2.00. The lowest BCUT2D eigenvalue weighted by molar-refractivity contribution is 0.423. The van der Waals surface area contributed by atoms with E-state index in [1.54, 1.807) is 0 Å². The van der Waals surface area contributed by atoms with E-state index < -0.39 is 17.1 Å². The van der Waals surface area contributed by atoms with Gasteiger partial charge in [0.1, 0.15) is 0 Å². The van der Waals surface area contributed by atoms with Crippen molar-refractivity contribution in [1.29, 1.82) is 0 Å². The molecule has 0 saturated carbocycles. The summed E-state index contributed by atoms with van der Waals surface area (Å²) in [4.78, 5) is 12.4. The number of pyridine rings is 1. The molecule has 0 aliphatic rings. The monoisotopic (exact) mass is 129 g/mol. The number of nitrogens with one attached hydrogen (secondary N) is 1. The van der Waals surface area contributed by atoms with E-state index in [-0.39, 0.29) is 0 Å². The lowest BCUT2D eigenvalue weighted by Gasteiger charge is -1.88. The molecule has 0 unspecified atom stereocenters. The van der Waals surface area contributed by atoms with Crippen LogP contribution in [-0.4, -0.2) is 10.1 Å². The predicted octanol–water partition coefficient (Wildman–Crippen LogP) is 0.220. The maximum absolute atomic E-state index is 12.1. The van der Waals surface area contributed by atoms with Crippen molar-refractivity contribution in [2.75, 3.05) is 0 Å². The number of aromatic nitrogens is 1. The number of hydrogen-bond donors (Lipinski definition) is 2. The third-order valence-corrected chi connectivity index (χ3v) is 0.885. The molecule has 1 rings (SSSR count). The summed E-state index contributed by atoms with van der Waals surface area (Å²) in [6.45, 7) is 0. The minimum Gasteiger partial charge on any atom is -0.501 e. The number of aromatic hydroxyl groups is 1. The molecule has 2 N–H and O–H groups in total. The molecule has 0 aliphatic heterocycles. The van der Waals surface area contributed by atoms with Gasteiger partial charge in [0.05, 0.1) is 0 Å². The van der Waals surface area contributed by atoms with Crippen LogP contribution in [0.1, 0.15) is 0 Å². The van der Waals surface area contributed by atoms with Crippen LogP contribution in [0.4, 0.5) is 4.39 Å². The second-order valence-electron chi connectivity index (χ2n) is 1.50. The number of halogens is 1. The normalized spacial score (nSPS) is 9.44. The highest BCUT2D eigenvalue weighted by molar-refractivity contribution is 5.16. The van der Waals surface area contributed by atoms with Crippen LogP contribution in [0.3, 0.4) is 0 Å². The Morgan fingerprint density at radius 1 is 1.67 bits per heavy atom. The van der Waals surface area contributed by atoms with Gasteiger partial charge in [0.2, 0.25) is 5.75 Å².